The molecule has 0 radical (unpaired) electrons. The Hall–Kier alpha value is -2.42. The van der Waals surface area contributed by atoms with Crippen LogP contribution in [0.2, 0.25) is 0 Å². The van der Waals surface area contributed by atoms with Crippen LogP contribution < -0.4 is 0 Å². The van der Waals surface area contributed by atoms with E-state index in [1.165, 1.54) is 16.2 Å². The zero-order valence-corrected chi connectivity index (χ0v) is 11.8. The number of imide groups is 1. The molecular weight excluding hydrogens is 286 g/mol. The summed E-state index contributed by atoms with van der Waals surface area (Å²) in [6.45, 7) is -0.0121. The smallest absolute Gasteiger partial charge is 0.261 e. The van der Waals surface area contributed by atoms with Gasteiger partial charge in [0.2, 0.25) is 0 Å². The van der Waals surface area contributed by atoms with Gasteiger partial charge in [-0.15, -0.1) is 11.3 Å². The lowest BCUT2D eigenvalue weighted by molar-refractivity contribution is 0.0644. The number of carbonyl (C=O) groups is 2. The summed E-state index contributed by atoms with van der Waals surface area (Å²) in [6, 6.07) is 8.64. The largest absolute Gasteiger partial charge is 0.384 e. The average Bonchev–Trinajstić information content (AvgIpc) is 3.04. The molecule has 2 heterocycles. The monoisotopic (exact) mass is 297 g/mol. The molecule has 4 nitrogen and oxygen atoms in total. The van der Waals surface area contributed by atoms with E-state index in [1.54, 1.807) is 24.3 Å². The van der Waals surface area contributed by atoms with Crippen molar-refractivity contribution >= 4 is 23.2 Å². The molecule has 1 aliphatic rings. The third-order valence-electron chi connectivity index (χ3n) is 3.23. The predicted octanol–water partition coefficient (Wildman–Crippen LogP) is 1.89. The Morgan fingerprint density at radius 3 is 2.38 bits per heavy atom. The number of fused-ring (bicyclic) bond motifs is 1. The number of thiophene rings is 1. The fourth-order valence-corrected chi connectivity index (χ4v) is 3.05. The SMILES string of the molecule is O=C1c2ccccc2C(=O)N1Cc1sccc1C#CCO. The third kappa shape index (κ3) is 2.35. The highest BCUT2D eigenvalue weighted by atomic mass is 32.1. The number of amides is 2. The molecule has 2 aromatic rings. The fourth-order valence-electron chi connectivity index (χ4n) is 2.24. The highest BCUT2D eigenvalue weighted by Crippen LogP contribution is 2.26. The van der Waals surface area contributed by atoms with Crippen LogP contribution in [-0.2, 0) is 6.54 Å². The number of aliphatic hydroxyl groups is 1. The molecule has 0 spiro atoms. The van der Waals surface area contributed by atoms with Crippen LogP contribution in [0.5, 0.6) is 0 Å². The lowest BCUT2D eigenvalue weighted by Crippen LogP contribution is -2.28. The Bertz CT molecular complexity index is 747. The van der Waals surface area contributed by atoms with E-state index in [4.69, 9.17) is 5.11 Å². The van der Waals surface area contributed by atoms with Crippen molar-refractivity contribution in [1.29, 1.82) is 0 Å². The standard InChI is InChI=1S/C16H11NO3S/c18-8-3-4-11-7-9-21-14(11)10-17-15(19)12-5-1-2-6-13(12)16(17)20/h1-2,5-7,9,18H,8,10H2. The van der Waals surface area contributed by atoms with Crippen LogP contribution in [0.25, 0.3) is 0 Å². The number of rotatable bonds is 2. The Balaban J connectivity index is 1.89. The predicted molar refractivity (Wildman–Crippen MR) is 78.9 cm³/mol. The first kappa shape index (κ1) is 13.6. The van der Waals surface area contributed by atoms with Crippen molar-refractivity contribution in [3.63, 3.8) is 0 Å². The normalized spacial score (nSPS) is 13.1. The zero-order valence-electron chi connectivity index (χ0n) is 11.0. The molecule has 0 aliphatic carbocycles. The number of hydrogen-bond donors (Lipinski definition) is 1. The van der Waals surface area contributed by atoms with Gasteiger partial charge in [-0.1, -0.05) is 24.0 Å². The van der Waals surface area contributed by atoms with Gasteiger partial charge in [0, 0.05) is 10.4 Å². The fraction of sp³-hybridized carbons (Fsp3) is 0.125. The maximum atomic E-state index is 12.3. The highest BCUT2D eigenvalue weighted by Gasteiger charge is 2.35. The van der Waals surface area contributed by atoms with E-state index in [-0.39, 0.29) is 25.0 Å². The van der Waals surface area contributed by atoms with Crippen molar-refractivity contribution in [2.24, 2.45) is 0 Å². The summed E-state index contributed by atoms with van der Waals surface area (Å²) < 4.78 is 0. The molecule has 0 unspecified atom stereocenters. The van der Waals surface area contributed by atoms with Crippen LogP contribution >= 0.6 is 11.3 Å². The lowest BCUT2D eigenvalue weighted by atomic mass is 10.1. The van der Waals surface area contributed by atoms with Crippen molar-refractivity contribution in [3.05, 3.63) is 57.3 Å². The maximum Gasteiger partial charge on any atom is 0.261 e. The molecule has 1 aliphatic heterocycles. The second-order valence-corrected chi connectivity index (χ2v) is 5.46. The molecule has 0 bridgehead atoms. The molecule has 0 saturated carbocycles. The topological polar surface area (TPSA) is 57.6 Å². The summed E-state index contributed by atoms with van der Waals surface area (Å²) in [7, 11) is 0. The van der Waals surface area contributed by atoms with Gasteiger partial charge in [-0.2, -0.15) is 0 Å². The summed E-state index contributed by atoms with van der Waals surface area (Å²) >= 11 is 1.44. The molecule has 0 atom stereocenters. The Kier molecular flexibility index (Phi) is 3.57. The quantitative estimate of drug-likeness (QED) is 0.680. The summed E-state index contributed by atoms with van der Waals surface area (Å²) in [5, 5.41) is 10.6. The van der Waals surface area contributed by atoms with E-state index in [2.05, 4.69) is 11.8 Å². The lowest BCUT2D eigenvalue weighted by Gasteiger charge is -2.12. The van der Waals surface area contributed by atoms with Gasteiger partial charge >= 0.3 is 0 Å². The van der Waals surface area contributed by atoms with Crippen molar-refractivity contribution in [2.45, 2.75) is 6.54 Å². The first-order valence-electron chi connectivity index (χ1n) is 6.33. The average molecular weight is 297 g/mol. The number of aliphatic hydroxyl groups excluding tert-OH is 1. The molecule has 0 fully saturated rings. The molecule has 104 valence electrons. The van der Waals surface area contributed by atoms with Gasteiger partial charge in [-0.05, 0) is 23.6 Å². The van der Waals surface area contributed by atoms with E-state index in [0.29, 0.717) is 11.1 Å². The van der Waals surface area contributed by atoms with E-state index in [0.717, 1.165) is 10.4 Å². The molecule has 21 heavy (non-hydrogen) atoms. The number of hydrogen-bond acceptors (Lipinski definition) is 4. The summed E-state index contributed by atoms with van der Waals surface area (Å²) in [6.07, 6.45) is 0. The van der Waals surface area contributed by atoms with Gasteiger partial charge in [0.15, 0.2) is 0 Å². The molecule has 3 rings (SSSR count). The highest BCUT2D eigenvalue weighted by molar-refractivity contribution is 7.10. The molecule has 0 saturated heterocycles. The molecular formula is C16H11NO3S. The van der Waals surface area contributed by atoms with Crippen LogP contribution in [0.4, 0.5) is 0 Å². The first-order valence-corrected chi connectivity index (χ1v) is 7.21. The van der Waals surface area contributed by atoms with Crippen LogP contribution in [0.3, 0.4) is 0 Å². The van der Waals surface area contributed by atoms with Gasteiger partial charge in [-0.3, -0.25) is 14.5 Å². The maximum absolute atomic E-state index is 12.3. The van der Waals surface area contributed by atoms with Crippen molar-refractivity contribution in [3.8, 4) is 11.8 Å². The van der Waals surface area contributed by atoms with Gasteiger partial charge in [0.1, 0.15) is 6.61 Å². The molecule has 1 N–H and O–H groups in total. The minimum absolute atomic E-state index is 0.208. The second-order valence-electron chi connectivity index (χ2n) is 4.46. The molecule has 1 aromatic carbocycles. The number of carbonyl (C=O) groups excluding carboxylic acids is 2. The van der Waals surface area contributed by atoms with Crippen LogP contribution in [0, 0.1) is 11.8 Å². The van der Waals surface area contributed by atoms with Crippen LogP contribution in [0.1, 0.15) is 31.2 Å². The van der Waals surface area contributed by atoms with E-state index < -0.39 is 0 Å². The minimum Gasteiger partial charge on any atom is -0.384 e. The summed E-state index contributed by atoms with van der Waals surface area (Å²) in [5.74, 6) is 4.86. The van der Waals surface area contributed by atoms with Crippen LogP contribution in [0.15, 0.2) is 35.7 Å². The van der Waals surface area contributed by atoms with Gasteiger partial charge in [-0.25, -0.2) is 0 Å². The van der Waals surface area contributed by atoms with Crippen molar-refractivity contribution in [2.75, 3.05) is 6.61 Å². The third-order valence-corrected chi connectivity index (χ3v) is 4.13. The van der Waals surface area contributed by atoms with Crippen molar-refractivity contribution < 1.29 is 14.7 Å². The minimum atomic E-state index is -0.273. The summed E-state index contributed by atoms with van der Waals surface area (Å²) in [4.78, 5) is 26.7. The Morgan fingerprint density at radius 2 is 1.76 bits per heavy atom. The Morgan fingerprint density at radius 1 is 1.10 bits per heavy atom. The summed E-state index contributed by atoms with van der Waals surface area (Å²) in [5.41, 5.74) is 1.63. The molecule has 2 amide bonds. The second kappa shape index (κ2) is 5.52. The van der Waals surface area contributed by atoms with Crippen LogP contribution in [-0.4, -0.2) is 28.4 Å². The van der Waals surface area contributed by atoms with Crippen molar-refractivity contribution in [1.82, 2.24) is 4.90 Å². The first-order chi connectivity index (χ1) is 10.2. The Labute approximate surface area is 125 Å². The van der Waals surface area contributed by atoms with E-state index in [1.807, 2.05) is 11.4 Å². The molecule has 5 heteroatoms. The van der Waals surface area contributed by atoms with Gasteiger partial charge in [0.05, 0.1) is 17.7 Å². The number of benzene rings is 1. The number of nitrogens with zero attached hydrogens (tertiary/aromatic N) is 1. The van der Waals surface area contributed by atoms with E-state index in [9.17, 15) is 9.59 Å². The van der Waals surface area contributed by atoms with Gasteiger partial charge < -0.3 is 5.11 Å². The van der Waals surface area contributed by atoms with Gasteiger partial charge in [0.25, 0.3) is 11.8 Å². The molecule has 1 aromatic heterocycles. The van der Waals surface area contributed by atoms with E-state index >= 15 is 0 Å². The zero-order chi connectivity index (χ0) is 14.8.